The summed E-state index contributed by atoms with van der Waals surface area (Å²) in [5, 5.41) is 4.15. The van der Waals surface area contributed by atoms with Gasteiger partial charge in [0.25, 0.3) is 0 Å². The van der Waals surface area contributed by atoms with Crippen molar-refractivity contribution in [2.75, 3.05) is 19.7 Å². The van der Waals surface area contributed by atoms with Crippen LogP contribution >= 0.6 is 0 Å². The molecule has 102 valence electrons. The lowest BCUT2D eigenvalue weighted by Gasteiger charge is -2.06. The third-order valence-corrected chi connectivity index (χ3v) is 2.85. The molecule has 1 heterocycles. The fourth-order valence-corrected chi connectivity index (χ4v) is 1.85. The predicted octanol–water partition coefficient (Wildman–Crippen LogP) is 3.01. The standard InChI is InChI=1S/C15H19NO3/c1-3-16-7-4-8-18-13-5-6-14-12(9-13)10-15(19-14)11(2)17/h5-6,9-10,16H,3-4,7-8H2,1-2H3. The molecule has 0 amide bonds. The van der Waals surface area contributed by atoms with Crippen LogP contribution in [0.5, 0.6) is 5.75 Å². The molecule has 1 N–H and O–H groups in total. The van der Waals surface area contributed by atoms with E-state index in [9.17, 15) is 4.79 Å². The number of furan rings is 1. The summed E-state index contributed by atoms with van der Waals surface area (Å²) in [4.78, 5) is 11.2. The molecule has 0 atom stereocenters. The fraction of sp³-hybridized carbons (Fsp3) is 0.400. The lowest BCUT2D eigenvalue weighted by Crippen LogP contribution is -2.16. The zero-order valence-electron chi connectivity index (χ0n) is 11.4. The van der Waals surface area contributed by atoms with Gasteiger partial charge in [-0.25, -0.2) is 0 Å². The highest BCUT2D eigenvalue weighted by atomic mass is 16.5. The van der Waals surface area contributed by atoms with Gasteiger partial charge in [-0.15, -0.1) is 0 Å². The van der Waals surface area contributed by atoms with E-state index in [1.54, 1.807) is 6.07 Å². The predicted molar refractivity (Wildman–Crippen MR) is 74.9 cm³/mol. The number of carbonyl (C=O) groups is 1. The lowest BCUT2D eigenvalue weighted by molar-refractivity contribution is 0.0989. The van der Waals surface area contributed by atoms with Gasteiger partial charge >= 0.3 is 0 Å². The van der Waals surface area contributed by atoms with Crippen LogP contribution < -0.4 is 10.1 Å². The highest BCUT2D eigenvalue weighted by Gasteiger charge is 2.08. The van der Waals surface area contributed by atoms with E-state index in [1.807, 2.05) is 18.2 Å². The molecule has 0 saturated heterocycles. The number of ketones is 1. The van der Waals surface area contributed by atoms with E-state index < -0.39 is 0 Å². The maximum absolute atomic E-state index is 11.2. The summed E-state index contributed by atoms with van der Waals surface area (Å²) < 4.78 is 11.1. The number of carbonyl (C=O) groups excluding carboxylic acids is 1. The molecule has 19 heavy (non-hydrogen) atoms. The van der Waals surface area contributed by atoms with Crippen molar-refractivity contribution >= 4 is 16.8 Å². The Morgan fingerprint density at radius 3 is 2.95 bits per heavy atom. The molecule has 0 fully saturated rings. The van der Waals surface area contributed by atoms with E-state index >= 15 is 0 Å². The Morgan fingerprint density at radius 1 is 1.37 bits per heavy atom. The van der Waals surface area contributed by atoms with Gasteiger partial charge in [0.15, 0.2) is 11.5 Å². The van der Waals surface area contributed by atoms with Crippen LogP contribution in [0.2, 0.25) is 0 Å². The molecule has 0 radical (unpaired) electrons. The molecule has 0 saturated carbocycles. The molecule has 0 aliphatic rings. The highest BCUT2D eigenvalue weighted by molar-refractivity contribution is 5.96. The summed E-state index contributed by atoms with van der Waals surface area (Å²) in [6, 6.07) is 7.35. The largest absolute Gasteiger partial charge is 0.494 e. The molecule has 0 spiro atoms. The molecular formula is C15H19NO3. The molecule has 0 unspecified atom stereocenters. The van der Waals surface area contributed by atoms with Gasteiger partial charge in [-0.2, -0.15) is 0 Å². The van der Waals surface area contributed by atoms with E-state index in [2.05, 4.69) is 12.2 Å². The van der Waals surface area contributed by atoms with Crippen molar-refractivity contribution in [1.82, 2.24) is 5.32 Å². The second-order valence-corrected chi connectivity index (χ2v) is 4.42. The molecule has 4 nitrogen and oxygen atoms in total. The minimum Gasteiger partial charge on any atom is -0.494 e. The Morgan fingerprint density at radius 2 is 2.21 bits per heavy atom. The second-order valence-electron chi connectivity index (χ2n) is 4.42. The number of fused-ring (bicyclic) bond motifs is 1. The molecule has 1 aromatic carbocycles. The van der Waals surface area contributed by atoms with Gasteiger partial charge < -0.3 is 14.5 Å². The SMILES string of the molecule is CCNCCCOc1ccc2oc(C(C)=O)cc2c1. The maximum atomic E-state index is 11.2. The lowest BCUT2D eigenvalue weighted by atomic mass is 10.2. The summed E-state index contributed by atoms with van der Waals surface area (Å²) in [6.07, 6.45) is 0.968. The van der Waals surface area contributed by atoms with E-state index in [0.717, 1.165) is 30.6 Å². The molecule has 0 aliphatic carbocycles. The first-order chi connectivity index (χ1) is 9.20. The third-order valence-electron chi connectivity index (χ3n) is 2.85. The van der Waals surface area contributed by atoms with Crippen molar-refractivity contribution < 1.29 is 13.9 Å². The highest BCUT2D eigenvalue weighted by Crippen LogP contribution is 2.24. The number of benzene rings is 1. The summed E-state index contributed by atoms with van der Waals surface area (Å²) in [5.74, 6) is 1.13. The van der Waals surface area contributed by atoms with Crippen molar-refractivity contribution in [3.63, 3.8) is 0 Å². The Kier molecular flexibility index (Phi) is 4.58. The van der Waals surface area contributed by atoms with Crippen LogP contribution in [-0.2, 0) is 0 Å². The van der Waals surface area contributed by atoms with E-state index in [4.69, 9.17) is 9.15 Å². The second kappa shape index (κ2) is 6.38. The number of ether oxygens (including phenoxy) is 1. The van der Waals surface area contributed by atoms with Crippen LogP contribution in [0.3, 0.4) is 0 Å². The number of nitrogens with one attached hydrogen (secondary N) is 1. The first-order valence-electron chi connectivity index (χ1n) is 6.58. The molecule has 0 aliphatic heterocycles. The first-order valence-corrected chi connectivity index (χ1v) is 6.58. The zero-order chi connectivity index (χ0) is 13.7. The summed E-state index contributed by atoms with van der Waals surface area (Å²) >= 11 is 0. The average molecular weight is 261 g/mol. The van der Waals surface area contributed by atoms with Crippen LogP contribution in [0.1, 0.15) is 30.8 Å². The van der Waals surface area contributed by atoms with Gasteiger partial charge in [0.2, 0.25) is 0 Å². The summed E-state index contributed by atoms with van der Waals surface area (Å²) in [7, 11) is 0. The summed E-state index contributed by atoms with van der Waals surface area (Å²) in [6.45, 7) is 6.19. The Labute approximate surface area is 112 Å². The van der Waals surface area contributed by atoms with Gasteiger partial charge in [-0.3, -0.25) is 4.79 Å². The molecule has 1 aromatic heterocycles. The van der Waals surface area contributed by atoms with Gasteiger partial charge in [0, 0.05) is 12.3 Å². The quantitative estimate of drug-likeness (QED) is 0.615. The van der Waals surface area contributed by atoms with E-state index in [-0.39, 0.29) is 5.78 Å². The number of hydrogen-bond donors (Lipinski definition) is 1. The smallest absolute Gasteiger partial charge is 0.194 e. The Balaban J connectivity index is 1.98. The molecular weight excluding hydrogens is 242 g/mol. The van der Waals surface area contributed by atoms with Gasteiger partial charge in [-0.05, 0) is 43.8 Å². The third kappa shape index (κ3) is 3.58. The van der Waals surface area contributed by atoms with Crippen molar-refractivity contribution in [2.45, 2.75) is 20.3 Å². The first kappa shape index (κ1) is 13.6. The van der Waals surface area contributed by atoms with E-state index in [1.165, 1.54) is 6.92 Å². The monoisotopic (exact) mass is 261 g/mol. The van der Waals surface area contributed by atoms with E-state index in [0.29, 0.717) is 18.0 Å². The van der Waals surface area contributed by atoms with Gasteiger partial charge in [-0.1, -0.05) is 6.92 Å². The van der Waals surface area contributed by atoms with Crippen LogP contribution in [0.4, 0.5) is 0 Å². The van der Waals surface area contributed by atoms with Crippen LogP contribution in [-0.4, -0.2) is 25.5 Å². The van der Waals surface area contributed by atoms with Crippen molar-refractivity contribution in [1.29, 1.82) is 0 Å². The average Bonchev–Trinajstić information content (AvgIpc) is 2.82. The topological polar surface area (TPSA) is 51.5 Å². The van der Waals surface area contributed by atoms with Crippen molar-refractivity contribution in [2.24, 2.45) is 0 Å². The van der Waals surface area contributed by atoms with Gasteiger partial charge in [0.05, 0.1) is 6.61 Å². The minimum atomic E-state index is -0.0655. The summed E-state index contributed by atoms with van der Waals surface area (Å²) in [5.41, 5.74) is 0.713. The zero-order valence-corrected chi connectivity index (χ0v) is 11.4. The molecule has 4 heteroatoms. The Hall–Kier alpha value is -1.81. The normalized spacial score (nSPS) is 10.8. The van der Waals surface area contributed by atoms with Crippen LogP contribution in [0, 0.1) is 0 Å². The minimum absolute atomic E-state index is 0.0655. The van der Waals surface area contributed by atoms with Crippen molar-refractivity contribution in [3.8, 4) is 5.75 Å². The van der Waals surface area contributed by atoms with Crippen LogP contribution in [0.25, 0.3) is 11.0 Å². The van der Waals surface area contributed by atoms with Gasteiger partial charge in [0.1, 0.15) is 11.3 Å². The number of Topliss-reactive ketones (excluding diaryl/α,β-unsaturated/α-hetero) is 1. The fourth-order valence-electron chi connectivity index (χ4n) is 1.85. The number of hydrogen-bond acceptors (Lipinski definition) is 4. The molecule has 2 rings (SSSR count). The van der Waals surface area contributed by atoms with Crippen LogP contribution in [0.15, 0.2) is 28.7 Å². The van der Waals surface area contributed by atoms with Crippen molar-refractivity contribution in [3.05, 3.63) is 30.0 Å². The Bertz CT molecular complexity index is 560. The maximum Gasteiger partial charge on any atom is 0.194 e. The number of rotatable bonds is 7. The molecule has 0 bridgehead atoms. The molecule has 2 aromatic rings.